The van der Waals surface area contributed by atoms with Crippen LogP contribution < -0.4 is 15.0 Å². The van der Waals surface area contributed by atoms with E-state index in [4.69, 9.17) is 11.2 Å². The zero-order valence-electron chi connectivity index (χ0n) is 24.6. The number of terminal acetylenes is 1. The SMILES string of the molecule is C#Cc1c(F)ccc2cccc(-c3ncc4c(N(C)[C@@H]5CCN[C@@H]5C)nc(OC)nc4c3F)c12.FC1CC2CCCN2C1. The Morgan fingerprint density at radius 2 is 2.00 bits per heavy atom. The number of alkyl halides is 1. The van der Waals surface area contributed by atoms with E-state index < -0.39 is 17.8 Å². The molecule has 0 bridgehead atoms. The Hall–Kier alpha value is -3.94. The van der Waals surface area contributed by atoms with Gasteiger partial charge in [-0.1, -0.05) is 30.2 Å². The van der Waals surface area contributed by atoms with Crippen molar-refractivity contribution in [2.24, 2.45) is 0 Å². The number of rotatable bonds is 4. The molecular weight excluding hydrogens is 553 g/mol. The summed E-state index contributed by atoms with van der Waals surface area (Å²) in [5.74, 6) is 1.74. The fraction of sp³-hybridized carbons (Fsp3) is 0.424. The van der Waals surface area contributed by atoms with E-state index >= 15 is 4.39 Å². The van der Waals surface area contributed by atoms with E-state index in [1.165, 1.54) is 26.0 Å². The molecule has 3 aliphatic heterocycles. The van der Waals surface area contributed by atoms with Crippen LogP contribution in [0.5, 0.6) is 6.01 Å². The van der Waals surface area contributed by atoms with E-state index in [0.717, 1.165) is 25.9 Å². The zero-order valence-corrected chi connectivity index (χ0v) is 24.6. The first-order valence-electron chi connectivity index (χ1n) is 14.7. The smallest absolute Gasteiger partial charge is 0.318 e. The molecular formula is C33H35F3N6O. The highest BCUT2D eigenvalue weighted by molar-refractivity contribution is 6.02. The van der Waals surface area contributed by atoms with Gasteiger partial charge in [0.2, 0.25) is 0 Å². The molecule has 2 unspecified atom stereocenters. The number of hydrogen-bond donors (Lipinski definition) is 1. The molecule has 5 heterocycles. The van der Waals surface area contributed by atoms with Gasteiger partial charge in [0, 0.05) is 48.9 Å². The van der Waals surface area contributed by atoms with E-state index in [2.05, 4.69) is 38.0 Å². The molecule has 7 nitrogen and oxygen atoms in total. The van der Waals surface area contributed by atoms with Gasteiger partial charge in [0.1, 0.15) is 29.0 Å². The van der Waals surface area contributed by atoms with Crippen molar-refractivity contribution in [1.82, 2.24) is 25.2 Å². The number of anilines is 1. The Labute approximate surface area is 249 Å². The van der Waals surface area contributed by atoms with Gasteiger partial charge in [0.25, 0.3) is 0 Å². The molecule has 0 radical (unpaired) electrons. The van der Waals surface area contributed by atoms with E-state index in [1.807, 2.05) is 11.9 Å². The quantitative estimate of drug-likeness (QED) is 0.316. The predicted octanol–water partition coefficient (Wildman–Crippen LogP) is 5.49. The average molecular weight is 589 g/mol. The first-order chi connectivity index (χ1) is 20.8. The van der Waals surface area contributed by atoms with Crippen LogP contribution in [0.4, 0.5) is 19.0 Å². The summed E-state index contributed by atoms with van der Waals surface area (Å²) >= 11 is 0. The van der Waals surface area contributed by atoms with Crippen molar-refractivity contribution < 1.29 is 17.9 Å². The van der Waals surface area contributed by atoms with Gasteiger partial charge in [-0.15, -0.1) is 6.42 Å². The molecule has 0 spiro atoms. The van der Waals surface area contributed by atoms with Crippen LogP contribution in [0.2, 0.25) is 0 Å². The van der Waals surface area contributed by atoms with E-state index in [-0.39, 0.29) is 34.9 Å². The van der Waals surface area contributed by atoms with Crippen LogP contribution in [0, 0.1) is 24.0 Å². The molecule has 0 amide bonds. The van der Waals surface area contributed by atoms with Crippen molar-refractivity contribution >= 4 is 27.5 Å². The summed E-state index contributed by atoms with van der Waals surface area (Å²) in [6.07, 6.45) is 10.9. The number of fused-ring (bicyclic) bond motifs is 3. The van der Waals surface area contributed by atoms with Crippen molar-refractivity contribution in [3.05, 3.63) is 53.7 Å². The maximum Gasteiger partial charge on any atom is 0.318 e. The third-order valence-corrected chi connectivity index (χ3v) is 8.99. The zero-order chi connectivity index (χ0) is 30.2. The van der Waals surface area contributed by atoms with E-state index in [0.29, 0.717) is 40.1 Å². The number of benzene rings is 2. The Balaban J connectivity index is 0.000000310. The second kappa shape index (κ2) is 12.0. The Morgan fingerprint density at radius 3 is 2.72 bits per heavy atom. The van der Waals surface area contributed by atoms with Crippen molar-refractivity contribution in [3.8, 4) is 29.6 Å². The molecule has 3 aliphatic rings. The molecule has 0 aliphatic carbocycles. The number of likely N-dealkylation sites (N-methyl/N-ethyl adjacent to an activating group) is 1. The number of aromatic nitrogens is 3. The van der Waals surface area contributed by atoms with Crippen LogP contribution in [-0.2, 0) is 0 Å². The van der Waals surface area contributed by atoms with Gasteiger partial charge >= 0.3 is 6.01 Å². The summed E-state index contributed by atoms with van der Waals surface area (Å²) < 4.78 is 48.4. The molecule has 2 aromatic carbocycles. The van der Waals surface area contributed by atoms with E-state index in [1.54, 1.807) is 30.5 Å². The van der Waals surface area contributed by atoms with Crippen LogP contribution in [0.15, 0.2) is 36.5 Å². The standard InChI is InChI=1S/C26H23F2N5O.C7H12FN/c1-5-16-19(27)10-9-15-7-6-8-17(21(15)16)23-22(28)24-18(13-30-23)25(32-26(31-24)34-4)33(3)20-11-12-29-14(20)2;8-6-4-7-2-1-3-9(7)5-6/h1,6-10,13-14,20,29H,11-12H2,2-4H3;6-7H,1-5H2/t14-,20-;/m1./s1. The highest BCUT2D eigenvalue weighted by Crippen LogP contribution is 2.37. The molecule has 224 valence electrons. The van der Waals surface area contributed by atoms with Gasteiger partial charge in [-0.2, -0.15) is 9.97 Å². The number of methoxy groups -OCH3 is 1. The molecule has 7 rings (SSSR count). The summed E-state index contributed by atoms with van der Waals surface area (Å²) in [7, 11) is 3.37. The van der Waals surface area contributed by atoms with Crippen LogP contribution in [-0.4, -0.2) is 77.9 Å². The highest BCUT2D eigenvalue weighted by Gasteiger charge is 2.35. The summed E-state index contributed by atoms with van der Waals surface area (Å²) in [6, 6.07) is 9.24. The maximum atomic E-state index is 16.0. The van der Waals surface area contributed by atoms with E-state index in [9.17, 15) is 8.78 Å². The molecule has 0 saturated carbocycles. The lowest BCUT2D eigenvalue weighted by Gasteiger charge is -2.29. The Kier molecular flexibility index (Phi) is 8.12. The lowest BCUT2D eigenvalue weighted by atomic mass is 9.96. The lowest BCUT2D eigenvalue weighted by Crippen LogP contribution is -2.40. The van der Waals surface area contributed by atoms with Crippen molar-refractivity contribution in [3.63, 3.8) is 0 Å². The average Bonchev–Trinajstić information content (AvgIpc) is 3.73. The number of nitrogens with zero attached hydrogens (tertiary/aromatic N) is 5. The minimum absolute atomic E-state index is 0.0328. The Bertz CT molecular complexity index is 1700. The summed E-state index contributed by atoms with van der Waals surface area (Å²) in [5.41, 5.74) is 0.571. The number of hydrogen-bond acceptors (Lipinski definition) is 7. The van der Waals surface area contributed by atoms with Crippen LogP contribution in [0.1, 0.15) is 38.2 Å². The van der Waals surface area contributed by atoms with Gasteiger partial charge in [0.15, 0.2) is 5.82 Å². The normalized spacial score (nSPS) is 23.2. The number of halogens is 3. The van der Waals surface area contributed by atoms with Gasteiger partial charge in [-0.05, 0) is 57.1 Å². The molecule has 3 saturated heterocycles. The van der Waals surface area contributed by atoms with Crippen LogP contribution >= 0.6 is 0 Å². The maximum absolute atomic E-state index is 16.0. The largest absolute Gasteiger partial charge is 0.467 e. The van der Waals surface area contributed by atoms with Gasteiger partial charge in [-0.25, -0.2) is 13.2 Å². The number of pyridine rings is 1. The molecule has 3 fully saturated rings. The number of ether oxygens (including phenoxy) is 1. The monoisotopic (exact) mass is 588 g/mol. The summed E-state index contributed by atoms with van der Waals surface area (Å²) in [6.45, 7) is 4.85. The van der Waals surface area contributed by atoms with Crippen LogP contribution in [0.25, 0.3) is 32.9 Å². The second-order valence-electron chi connectivity index (χ2n) is 11.5. The third-order valence-electron chi connectivity index (χ3n) is 8.99. The fourth-order valence-corrected chi connectivity index (χ4v) is 6.82. The topological polar surface area (TPSA) is 66.4 Å². The summed E-state index contributed by atoms with van der Waals surface area (Å²) in [4.78, 5) is 17.6. The molecule has 4 atom stereocenters. The van der Waals surface area contributed by atoms with Gasteiger partial charge in [-0.3, -0.25) is 9.88 Å². The minimum atomic E-state index is -0.648. The Morgan fingerprint density at radius 1 is 1.16 bits per heavy atom. The second-order valence-corrected chi connectivity index (χ2v) is 11.5. The lowest BCUT2D eigenvalue weighted by molar-refractivity contribution is 0.292. The number of nitrogens with one attached hydrogen (secondary N) is 1. The third kappa shape index (κ3) is 5.36. The predicted molar refractivity (Wildman–Crippen MR) is 163 cm³/mol. The first-order valence-corrected chi connectivity index (χ1v) is 14.7. The fourth-order valence-electron chi connectivity index (χ4n) is 6.82. The minimum Gasteiger partial charge on any atom is -0.467 e. The molecule has 4 aromatic rings. The summed E-state index contributed by atoms with van der Waals surface area (Å²) in [5, 5.41) is 5.01. The van der Waals surface area contributed by atoms with Gasteiger partial charge < -0.3 is 15.0 Å². The van der Waals surface area contributed by atoms with Crippen molar-refractivity contribution in [2.75, 3.05) is 38.7 Å². The molecule has 1 N–H and O–H groups in total. The van der Waals surface area contributed by atoms with Crippen molar-refractivity contribution in [2.45, 2.75) is 56.9 Å². The first kappa shape index (κ1) is 29.1. The van der Waals surface area contributed by atoms with Crippen molar-refractivity contribution in [1.29, 1.82) is 0 Å². The molecule has 2 aromatic heterocycles. The van der Waals surface area contributed by atoms with Gasteiger partial charge in [0.05, 0.1) is 18.1 Å². The van der Waals surface area contributed by atoms with Crippen LogP contribution in [0.3, 0.4) is 0 Å². The molecule has 43 heavy (non-hydrogen) atoms. The highest BCUT2D eigenvalue weighted by atomic mass is 19.1. The molecule has 10 heteroatoms.